The number of carboxylic acid groups (broad SMARTS) is 1. The fourth-order valence-corrected chi connectivity index (χ4v) is 1.97. The summed E-state index contributed by atoms with van der Waals surface area (Å²) < 4.78 is 36.7. The van der Waals surface area contributed by atoms with E-state index in [4.69, 9.17) is 5.11 Å². The summed E-state index contributed by atoms with van der Waals surface area (Å²) in [6.07, 6.45) is -2.83. The summed E-state index contributed by atoms with van der Waals surface area (Å²) in [6.45, 7) is -0.127. The smallest absolute Gasteiger partial charge is 0.406 e. The van der Waals surface area contributed by atoms with Crippen LogP contribution in [0.3, 0.4) is 0 Å². The Balaban J connectivity index is 2.51. The largest absolute Gasteiger partial charge is 0.481 e. The van der Waals surface area contributed by atoms with E-state index in [1.165, 1.54) is 6.92 Å². The first-order chi connectivity index (χ1) is 8.70. The predicted molar refractivity (Wildman–Crippen MR) is 60.6 cm³/mol. The number of rotatable bonds is 5. The number of aliphatic carboxylic acids is 1. The molecular formula is C11H17F3N2O3. The Morgan fingerprint density at radius 2 is 1.95 bits per heavy atom. The van der Waals surface area contributed by atoms with Crippen LogP contribution >= 0.6 is 0 Å². The van der Waals surface area contributed by atoms with Crippen LogP contribution in [0.2, 0.25) is 0 Å². The first-order valence-electron chi connectivity index (χ1n) is 6.03. The molecule has 1 saturated carbocycles. The van der Waals surface area contributed by atoms with Gasteiger partial charge in [-0.2, -0.15) is 13.2 Å². The van der Waals surface area contributed by atoms with Crippen LogP contribution in [0.25, 0.3) is 0 Å². The third-order valence-electron chi connectivity index (χ3n) is 3.38. The van der Waals surface area contributed by atoms with E-state index in [0.29, 0.717) is 17.7 Å². The van der Waals surface area contributed by atoms with Crippen LogP contribution < -0.4 is 5.32 Å². The van der Waals surface area contributed by atoms with E-state index in [9.17, 15) is 22.8 Å². The van der Waals surface area contributed by atoms with Gasteiger partial charge in [-0.25, -0.2) is 4.79 Å². The number of carboxylic acids is 1. The van der Waals surface area contributed by atoms with Gasteiger partial charge in [0, 0.05) is 13.1 Å². The summed E-state index contributed by atoms with van der Waals surface area (Å²) in [5.41, 5.74) is -1.01. The van der Waals surface area contributed by atoms with Crippen molar-refractivity contribution in [3.8, 4) is 0 Å². The van der Waals surface area contributed by atoms with Crippen LogP contribution in [0, 0.1) is 5.41 Å². The molecule has 2 N–H and O–H groups in total. The zero-order chi connectivity index (χ0) is 14.7. The summed E-state index contributed by atoms with van der Waals surface area (Å²) in [5, 5.41) is 11.3. The topological polar surface area (TPSA) is 69.6 Å². The van der Waals surface area contributed by atoms with Crippen molar-refractivity contribution in [1.29, 1.82) is 0 Å². The molecule has 0 aliphatic heterocycles. The number of carbonyl (C=O) groups excluding carboxylic acids is 1. The second kappa shape index (κ2) is 5.66. The van der Waals surface area contributed by atoms with Gasteiger partial charge in [0.25, 0.3) is 0 Å². The van der Waals surface area contributed by atoms with Crippen LogP contribution in [-0.4, -0.2) is 47.8 Å². The van der Waals surface area contributed by atoms with Gasteiger partial charge in [0.05, 0.1) is 5.41 Å². The molecule has 0 aromatic heterocycles. The molecule has 1 fully saturated rings. The quantitative estimate of drug-likeness (QED) is 0.808. The highest BCUT2D eigenvalue weighted by Crippen LogP contribution is 2.40. The summed E-state index contributed by atoms with van der Waals surface area (Å²) in [7, 11) is 0. The minimum atomic E-state index is -4.46. The normalized spacial score (nSPS) is 17.5. The highest BCUT2D eigenvalue weighted by molar-refractivity contribution is 5.78. The van der Waals surface area contributed by atoms with Gasteiger partial charge in [-0.1, -0.05) is 6.42 Å². The number of hydrogen-bond donors (Lipinski definition) is 2. The highest BCUT2D eigenvalue weighted by Gasteiger charge is 2.44. The molecule has 0 spiro atoms. The number of carbonyl (C=O) groups is 2. The van der Waals surface area contributed by atoms with Gasteiger partial charge in [-0.05, 0) is 19.8 Å². The lowest BCUT2D eigenvalue weighted by atomic mass is 9.69. The number of nitrogens with zero attached hydrogens (tertiary/aromatic N) is 1. The molecule has 0 unspecified atom stereocenters. The lowest BCUT2D eigenvalue weighted by Gasteiger charge is -2.38. The van der Waals surface area contributed by atoms with E-state index >= 15 is 0 Å². The van der Waals surface area contributed by atoms with Gasteiger partial charge in [0.2, 0.25) is 0 Å². The lowest BCUT2D eigenvalue weighted by Crippen LogP contribution is -2.51. The van der Waals surface area contributed by atoms with Gasteiger partial charge in [0.15, 0.2) is 0 Å². The van der Waals surface area contributed by atoms with E-state index in [1.807, 2.05) is 0 Å². The van der Waals surface area contributed by atoms with Gasteiger partial charge in [0.1, 0.15) is 6.54 Å². The van der Waals surface area contributed by atoms with Crippen LogP contribution in [0.5, 0.6) is 0 Å². The van der Waals surface area contributed by atoms with Crippen molar-refractivity contribution in [3.05, 3.63) is 0 Å². The molecule has 8 heteroatoms. The number of hydrogen-bond acceptors (Lipinski definition) is 2. The summed E-state index contributed by atoms with van der Waals surface area (Å²) in [4.78, 5) is 23.2. The number of urea groups is 1. The van der Waals surface area contributed by atoms with Crippen LogP contribution in [0.4, 0.5) is 18.0 Å². The van der Waals surface area contributed by atoms with Crippen molar-refractivity contribution in [1.82, 2.24) is 10.2 Å². The second-order valence-corrected chi connectivity index (χ2v) is 4.73. The van der Waals surface area contributed by atoms with E-state index in [0.717, 1.165) is 6.42 Å². The molecule has 0 aromatic carbocycles. The van der Waals surface area contributed by atoms with Crippen LogP contribution in [-0.2, 0) is 4.79 Å². The molecule has 0 radical (unpaired) electrons. The first kappa shape index (κ1) is 15.6. The average molecular weight is 282 g/mol. The molecule has 19 heavy (non-hydrogen) atoms. The summed E-state index contributed by atoms with van der Waals surface area (Å²) in [5.74, 6) is -1.02. The molecule has 0 heterocycles. The fourth-order valence-electron chi connectivity index (χ4n) is 1.97. The maximum atomic E-state index is 12.2. The number of nitrogens with one attached hydrogen (secondary N) is 1. The molecule has 0 bridgehead atoms. The van der Waals surface area contributed by atoms with Gasteiger partial charge >= 0.3 is 18.2 Å². The zero-order valence-corrected chi connectivity index (χ0v) is 10.6. The summed E-state index contributed by atoms with van der Waals surface area (Å²) >= 11 is 0. The molecule has 0 aromatic rings. The van der Waals surface area contributed by atoms with Crippen molar-refractivity contribution in [2.75, 3.05) is 19.6 Å². The number of halogens is 3. The van der Waals surface area contributed by atoms with E-state index in [-0.39, 0.29) is 13.1 Å². The highest BCUT2D eigenvalue weighted by atomic mass is 19.4. The fraction of sp³-hybridized carbons (Fsp3) is 0.818. The minimum absolute atomic E-state index is 0.0919. The molecule has 1 rings (SSSR count). The lowest BCUT2D eigenvalue weighted by molar-refractivity contribution is -0.154. The van der Waals surface area contributed by atoms with Crippen molar-refractivity contribution < 1.29 is 27.9 Å². The molecular weight excluding hydrogens is 265 g/mol. The minimum Gasteiger partial charge on any atom is -0.481 e. The Kier molecular flexibility index (Phi) is 4.65. The number of alkyl halides is 3. The molecule has 0 saturated heterocycles. The Bertz CT molecular complexity index is 354. The standard InChI is InChI=1S/C11H17F3N2O3/c1-2-16(7-11(12,13)14)9(19)15-6-10(8(17)18)4-3-5-10/h2-7H2,1H3,(H,15,19)(H,17,18). The molecule has 110 valence electrons. The third-order valence-corrected chi connectivity index (χ3v) is 3.38. The average Bonchev–Trinajstić information content (AvgIpc) is 2.22. The molecule has 0 atom stereocenters. The molecule has 2 amide bonds. The SMILES string of the molecule is CCN(CC(F)(F)F)C(=O)NCC1(C(=O)O)CCC1. The van der Waals surface area contributed by atoms with Crippen molar-refractivity contribution in [2.45, 2.75) is 32.4 Å². The van der Waals surface area contributed by atoms with Crippen molar-refractivity contribution in [2.24, 2.45) is 5.41 Å². The number of amides is 2. The second-order valence-electron chi connectivity index (χ2n) is 4.73. The van der Waals surface area contributed by atoms with Gasteiger partial charge in [-0.3, -0.25) is 4.79 Å². The maximum absolute atomic E-state index is 12.2. The van der Waals surface area contributed by atoms with E-state index in [2.05, 4.69) is 5.32 Å². The van der Waals surface area contributed by atoms with Crippen molar-refractivity contribution in [3.63, 3.8) is 0 Å². The molecule has 5 nitrogen and oxygen atoms in total. The zero-order valence-electron chi connectivity index (χ0n) is 10.6. The molecule has 1 aliphatic rings. The van der Waals surface area contributed by atoms with Gasteiger partial charge < -0.3 is 15.3 Å². The van der Waals surface area contributed by atoms with Crippen molar-refractivity contribution >= 4 is 12.0 Å². The Morgan fingerprint density at radius 1 is 1.37 bits per heavy atom. The Hall–Kier alpha value is -1.47. The Morgan fingerprint density at radius 3 is 2.26 bits per heavy atom. The van der Waals surface area contributed by atoms with E-state index in [1.54, 1.807) is 0 Å². The molecule has 1 aliphatic carbocycles. The van der Waals surface area contributed by atoms with Crippen LogP contribution in [0.15, 0.2) is 0 Å². The maximum Gasteiger partial charge on any atom is 0.406 e. The first-order valence-corrected chi connectivity index (χ1v) is 6.03. The third kappa shape index (κ3) is 4.00. The summed E-state index contributed by atoms with van der Waals surface area (Å²) in [6, 6.07) is -0.882. The van der Waals surface area contributed by atoms with Gasteiger partial charge in [-0.15, -0.1) is 0 Å². The van der Waals surface area contributed by atoms with Crippen LogP contribution in [0.1, 0.15) is 26.2 Å². The Labute approximate surface area is 108 Å². The monoisotopic (exact) mass is 282 g/mol. The van der Waals surface area contributed by atoms with E-state index < -0.39 is 30.1 Å². The predicted octanol–water partition coefficient (Wildman–Crippen LogP) is 1.84.